The summed E-state index contributed by atoms with van der Waals surface area (Å²) in [5.41, 5.74) is 0.634. The number of hydrogen-bond donors (Lipinski definition) is 0. The van der Waals surface area contributed by atoms with Crippen molar-refractivity contribution >= 4 is 0 Å². The third kappa shape index (κ3) is 3.66. The van der Waals surface area contributed by atoms with Gasteiger partial charge in [0.2, 0.25) is 0 Å². The lowest BCUT2D eigenvalue weighted by molar-refractivity contribution is 0.182. The first-order valence-corrected chi connectivity index (χ1v) is 7.69. The van der Waals surface area contributed by atoms with Crippen molar-refractivity contribution < 1.29 is 4.74 Å². The highest BCUT2D eigenvalue weighted by molar-refractivity contribution is 5.36. The van der Waals surface area contributed by atoms with Crippen molar-refractivity contribution in [2.24, 2.45) is 0 Å². The molecule has 3 rings (SSSR count). The molecule has 5 nitrogen and oxygen atoms in total. The Kier molecular flexibility index (Phi) is 4.71. The zero-order valence-corrected chi connectivity index (χ0v) is 12.6. The average molecular weight is 296 g/mol. The van der Waals surface area contributed by atoms with E-state index in [1.165, 1.54) is 12.8 Å². The number of ether oxygens (including phenoxy) is 1. The van der Waals surface area contributed by atoms with E-state index < -0.39 is 0 Å². The second kappa shape index (κ2) is 7.10. The molecule has 0 saturated carbocycles. The fourth-order valence-corrected chi connectivity index (χ4v) is 2.96. The van der Waals surface area contributed by atoms with Gasteiger partial charge in [0.1, 0.15) is 12.4 Å². The number of benzene rings is 1. The minimum Gasteiger partial charge on any atom is -0.492 e. The second-order valence-electron chi connectivity index (χ2n) is 5.55. The molecule has 0 radical (unpaired) electrons. The smallest absolute Gasteiger partial charge is 0.120 e. The van der Waals surface area contributed by atoms with Crippen molar-refractivity contribution in [3.63, 3.8) is 0 Å². The van der Waals surface area contributed by atoms with Crippen LogP contribution in [0.3, 0.4) is 0 Å². The highest BCUT2D eigenvalue weighted by Gasteiger charge is 2.24. The molecule has 1 aromatic carbocycles. The van der Waals surface area contributed by atoms with Crippen LogP contribution < -0.4 is 4.74 Å². The van der Waals surface area contributed by atoms with E-state index in [1.807, 2.05) is 35.3 Å². The van der Waals surface area contributed by atoms with E-state index in [2.05, 4.69) is 16.1 Å². The minimum atomic E-state index is 0.536. The molecule has 1 saturated heterocycles. The summed E-state index contributed by atoms with van der Waals surface area (Å²) in [6.45, 7) is 3.61. The molecule has 1 aliphatic rings. The summed E-state index contributed by atoms with van der Waals surface area (Å²) in [6.07, 6.45) is 6.28. The van der Waals surface area contributed by atoms with Gasteiger partial charge in [-0.3, -0.25) is 9.58 Å². The lowest BCUT2D eigenvalue weighted by Gasteiger charge is -2.24. The maximum atomic E-state index is 8.90. The van der Waals surface area contributed by atoms with E-state index >= 15 is 0 Å². The first-order chi connectivity index (χ1) is 10.8. The number of aromatic nitrogens is 2. The normalized spacial score (nSPS) is 18.2. The highest BCUT2D eigenvalue weighted by Crippen LogP contribution is 2.19. The van der Waals surface area contributed by atoms with Crippen molar-refractivity contribution in [1.82, 2.24) is 14.7 Å². The van der Waals surface area contributed by atoms with Gasteiger partial charge in [-0.05, 0) is 43.7 Å². The number of nitrogens with zero attached hydrogens (tertiary/aromatic N) is 4. The molecule has 5 heteroatoms. The Morgan fingerprint density at radius 1 is 1.36 bits per heavy atom. The van der Waals surface area contributed by atoms with Crippen LogP contribution in [-0.4, -0.2) is 40.4 Å². The van der Waals surface area contributed by atoms with E-state index in [9.17, 15) is 0 Å². The van der Waals surface area contributed by atoms with Crippen LogP contribution in [0.2, 0.25) is 0 Å². The van der Waals surface area contributed by atoms with E-state index in [0.29, 0.717) is 18.2 Å². The molecule has 0 N–H and O–H groups in total. The predicted octanol–water partition coefficient (Wildman–Crippen LogP) is 2.30. The molecule has 114 valence electrons. The number of rotatable bonds is 6. The Morgan fingerprint density at radius 3 is 3.14 bits per heavy atom. The average Bonchev–Trinajstić information content (AvgIpc) is 3.21. The van der Waals surface area contributed by atoms with E-state index in [4.69, 9.17) is 10.00 Å². The summed E-state index contributed by atoms with van der Waals surface area (Å²) in [6, 6.07) is 11.9. The molecule has 0 aliphatic carbocycles. The van der Waals surface area contributed by atoms with Gasteiger partial charge in [0.05, 0.1) is 18.2 Å². The van der Waals surface area contributed by atoms with Gasteiger partial charge in [0.15, 0.2) is 0 Å². The molecule has 0 amide bonds. The topological polar surface area (TPSA) is 54.1 Å². The quantitative estimate of drug-likeness (QED) is 0.821. The SMILES string of the molecule is N#Cc1cccc(OCCN2CCC[C@@H]2Cn2cccn2)c1. The maximum absolute atomic E-state index is 8.90. The number of likely N-dealkylation sites (tertiary alicyclic amines) is 1. The van der Waals surface area contributed by atoms with Gasteiger partial charge >= 0.3 is 0 Å². The Labute approximate surface area is 130 Å². The molecular weight excluding hydrogens is 276 g/mol. The molecule has 1 atom stereocenters. The van der Waals surface area contributed by atoms with Crippen molar-refractivity contribution in [2.75, 3.05) is 19.7 Å². The first kappa shape index (κ1) is 14.6. The Morgan fingerprint density at radius 2 is 2.32 bits per heavy atom. The number of nitriles is 1. The van der Waals surface area contributed by atoms with Gasteiger partial charge in [-0.1, -0.05) is 6.07 Å². The maximum Gasteiger partial charge on any atom is 0.120 e. The molecule has 1 aliphatic heterocycles. The minimum absolute atomic E-state index is 0.536. The van der Waals surface area contributed by atoms with Gasteiger partial charge in [-0.2, -0.15) is 10.4 Å². The molecule has 22 heavy (non-hydrogen) atoms. The third-order valence-electron chi connectivity index (χ3n) is 4.07. The summed E-state index contributed by atoms with van der Waals surface area (Å²) in [5.74, 6) is 0.766. The van der Waals surface area contributed by atoms with Crippen molar-refractivity contribution in [1.29, 1.82) is 5.26 Å². The third-order valence-corrected chi connectivity index (χ3v) is 4.07. The zero-order valence-electron chi connectivity index (χ0n) is 12.6. The molecule has 1 aromatic heterocycles. The van der Waals surface area contributed by atoms with E-state index in [1.54, 1.807) is 12.1 Å². The van der Waals surface area contributed by atoms with Gasteiger partial charge in [0.25, 0.3) is 0 Å². The number of hydrogen-bond acceptors (Lipinski definition) is 4. The second-order valence-corrected chi connectivity index (χ2v) is 5.55. The molecule has 0 bridgehead atoms. The van der Waals surface area contributed by atoms with Crippen molar-refractivity contribution in [2.45, 2.75) is 25.4 Å². The van der Waals surface area contributed by atoms with Crippen LogP contribution in [-0.2, 0) is 6.54 Å². The summed E-state index contributed by atoms with van der Waals surface area (Å²) in [5, 5.41) is 13.2. The van der Waals surface area contributed by atoms with Crippen LogP contribution in [0.15, 0.2) is 42.7 Å². The summed E-state index contributed by atoms with van der Waals surface area (Å²) < 4.78 is 7.78. The Hall–Kier alpha value is -2.32. The fraction of sp³-hybridized carbons (Fsp3) is 0.412. The van der Waals surface area contributed by atoms with Crippen LogP contribution in [0, 0.1) is 11.3 Å². The molecule has 2 aromatic rings. The molecular formula is C17H20N4O. The fourth-order valence-electron chi connectivity index (χ4n) is 2.96. The largest absolute Gasteiger partial charge is 0.492 e. The van der Waals surface area contributed by atoms with Crippen molar-refractivity contribution in [3.05, 3.63) is 48.3 Å². The first-order valence-electron chi connectivity index (χ1n) is 7.69. The van der Waals surface area contributed by atoms with Crippen LogP contribution >= 0.6 is 0 Å². The van der Waals surface area contributed by atoms with Gasteiger partial charge in [-0.15, -0.1) is 0 Å². The Balaban J connectivity index is 1.49. The van der Waals surface area contributed by atoms with E-state index in [-0.39, 0.29) is 0 Å². The Bertz CT molecular complexity index is 632. The standard InChI is InChI=1S/C17H20N4O/c18-13-15-4-1-6-17(12-15)22-11-10-20-8-2-5-16(20)14-21-9-3-7-19-21/h1,3-4,6-7,9,12,16H,2,5,8,10-11,14H2/t16-/m1/s1. The van der Waals surface area contributed by atoms with Crippen LogP contribution in [0.25, 0.3) is 0 Å². The molecule has 0 unspecified atom stereocenters. The van der Waals surface area contributed by atoms with Crippen molar-refractivity contribution in [3.8, 4) is 11.8 Å². The monoisotopic (exact) mass is 296 g/mol. The summed E-state index contributed by atoms with van der Waals surface area (Å²) in [4.78, 5) is 2.47. The molecule has 2 heterocycles. The molecule has 1 fully saturated rings. The lowest BCUT2D eigenvalue weighted by atomic mass is 10.2. The van der Waals surface area contributed by atoms with Crippen LogP contribution in [0.1, 0.15) is 18.4 Å². The van der Waals surface area contributed by atoms with Gasteiger partial charge in [-0.25, -0.2) is 0 Å². The molecule has 0 spiro atoms. The summed E-state index contributed by atoms with van der Waals surface area (Å²) in [7, 11) is 0. The van der Waals surface area contributed by atoms with Gasteiger partial charge in [0, 0.05) is 25.0 Å². The lowest BCUT2D eigenvalue weighted by Crippen LogP contribution is -2.36. The van der Waals surface area contributed by atoms with Crippen LogP contribution in [0.5, 0.6) is 5.75 Å². The van der Waals surface area contributed by atoms with Crippen LogP contribution in [0.4, 0.5) is 0 Å². The van der Waals surface area contributed by atoms with Gasteiger partial charge < -0.3 is 4.74 Å². The highest BCUT2D eigenvalue weighted by atomic mass is 16.5. The predicted molar refractivity (Wildman–Crippen MR) is 83.5 cm³/mol. The van der Waals surface area contributed by atoms with E-state index in [0.717, 1.165) is 25.4 Å². The summed E-state index contributed by atoms with van der Waals surface area (Å²) >= 11 is 0. The zero-order chi connectivity index (χ0) is 15.2.